The summed E-state index contributed by atoms with van der Waals surface area (Å²) in [5, 5.41) is 4.26. The molecule has 2 aromatic rings. The van der Waals surface area contributed by atoms with E-state index in [9.17, 15) is 9.59 Å². The van der Waals surface area contributed by atoms with Crippen molar-refractivity contribution in [1.29, 1.82) is 0 Å². The summed E-state index contributed by atoms with van der Waals surface area (Å²) < 4.78 is 5.77. The summed E-state index contributed by atoms with van der Waals surface area (Å²) in [6.07, 6.45) is 2.71. The van der Waals surface area contributed by atoms with Gasteiger partial charge in [0.1, 0.15) is 0 Å². The normalized spacial score (nSPS) is 22.1. The van der Waals surface area contributed by atoms with E-state index >= 15 is 0 Å². The number of fused-ring (bicyclic) bond motifs is 2. The predicted octanol–water partition coefficient (Wildman–Crippen LogP) is 1.66. The lowest BCUT2D eigenvalue weighted by molar-refractivity contribution is -0.140. The molecule has 2 aliphatic rings. The molecular formula is C20H26N4O3. The van der Waals surface area contributed by atoms with E-state index in [4.69, 9.17) is 4.74 Å². The molecule has 2 aliphatic heterocycles. The Bertz CT molecular complexity index is 862. The number of aromatic amines is 1. The van der Waals surface area contributed by atoms with Gasteiger partial charge >= 0.3 is 6.03 Å². The van der Waals surface area contributed by atoms with Gasteiger partial charge < -0.3 is 24.8 Å². The van der Waals surface area contributed by atoms with E-state index < -0.39 is 0 Å². The lowest BCUT2D eigenvalue weighted by atomic mass is 10.1. The van der Waals surface area contributed by atoms with Crippen LogP contribution in [0.1, 0.15) is 18.1 Å². The number of carbonyl (C=O) groups is 2. The molecule has 144 valence electrons. The number of hydrogen-bond donors (Lipinski definition) is 2. The van der Waals surface area contributed by atoms with Crippen molar-refractivity contribution in [1.82, 2.24) is 20.1 Å². The van der Waals surface area contributed by atoms with Crippen LogP contribution in [0.25, 0.3) is 10.9 Å². The van der Waals surface area contributed by atoms with Crippen LogP contribution in [0, 0.1) is 6.92 Å². The molecule has 2 fully saturated rings. The zero-order valence-electron chi connectivity index (χ0n) is 15.8. The van der Waals surface area contributed by atoms with E-state index in [-0.39, 0.29) is 24.1 Å². The predicted molar refractivity (Wildman–Crippen MR) is 103 cm³/mol. The van der Waals surface area contributed by atoms with Gasteiger partial charge in [-0.15, -0.1) is 0 Å². The van der Waals surface area contributed by atoms with Crippen molar-refractivity contribution in [2.24, 2.45) is 0 Å². The molecule has 3 heterocycles. The smallest absolute Gasteiger partial charge is 0.317 e. The van der Waals surface area contributed by atoms with Crippen LogP contribution in [0.2, 0.25) is 0 Å². The van der Waals surface area contributed by atoms with Gasteiger partial charge in [-0.1, -0.05) is 12.1 Å². The molecule has 2 atom stereocenters. The third-order valence-electron chi connectivity index (χ3n) is 5.66. The topological polar surface area (TPSA) is 77.7 Å². The number of amides is 3. The third-order valence-corrected chi connectivity index (χ3v) is 5.66. The molecule has 2 saturated heterocycles. The molecule has 1 aromatic carbocycles. The van der Waals surface area contributed by atoms with Crippen LogP contribution in [0.5, 0.6) is 0 Å². The summed E-state index contributed by atoms with van der Waals surface area (Å²) in [6.45, 7) is 6.46. The minimum absolute atomic E-state index is 0.0294. The first kappa shape index (κ1) is 17.9. The van der Waals surface area contributed by atoms with E-state index in [0.717, 1.165) is 11.9 Å². The van der Waals surface area contributed by atoms with Crippen LogP contribution in [-0.2, 0) is 16.0 Å². The number of urea groups is 1. The average Bonchev–Trinajstić information content (AvgIpc) is 3.26. The monoisotopic (exact) mass is 370 g/mol. The second-order valence-electron chi connectivity index (χ2n) is 7.39. The van der Waals surface area contributed by atoms with Crippen LogP contribution in [0.4, 0.5) is 4.79 Å². The largest absolute Gasteiger partial charge is 0.372 e. The number of H-pyrrole nitrogens is 1. The van der Waals surface area contributed by atoms with E-state index in [2.05, 4.69) is 29.4 Å². The average molecular weight is 370 g/mol. The molecule has 3 amide bonds. The van der Waals surface area contributed by atoms with Gasteiger partial charge in [-0.05, 0) is 30.5 Å². The van der Waals surface area contributed by atoms with Crippen molar-refractivity contribution in [2.75, 3.05) is 32.8 Å². The van der Waals surface area contributed by atoms with E-state index in [1.165, 1.54) is 16.5 Å². The first-order valence-corrected chi connectivity index (χ1v) is 9.52. The minimum Gasteiger partial charge on any atom is -0.372 e. The van der Waals surface area contributed by atoms with Crippen molar-refractivity contribution >= 4 is 22.8 Å². The van der Waals surface area contributed by atoms with Gasteiger partial charge in [0.2, 0.25) is 5.91 Å². The zero-order valence-corrected chi connectivity index (χ0v) is 15.8. The zero-order chi connectivity index (χ0) is 19.0. The molecule has 0 aliphatic carbocycles. The lowest BCUT2D eigenvalue weighted by Crippen LogP contribution is -2.52. The van der Waals surface area contributed by atoms with Crippen molar-refractivity contribution in [3.8, 4) is 0 Å². The Morgan fingerprint density at radius 3 is 3.00 bits per heavy atom. The fraction of sp³-hybridized carbons (Fsp3) is 0.500. The molecule has 0 bridgehead atoms. The fourth-order valence-electron chi connectivity index (χ4n) is 4.31. The number of aromatic nitrogens is 1. The van der Waals surface area contributed by atoms with Crippen LogP contribution in [0.3, 0.4) is 0 Å². The molecule has 1 aromatic heterocycles. The second kappa shape index (κ2) is 7.23. The summed E-state index contributed by atoms with van der Waals surface area (Å²) in [5.74, 6) is 0.0465. The number of ether oxygens (including phenoxy) is 1. The first-order valence-electron chi connectivity index (χ1n) is 9.52. The summed E-state index contributed by atoms with van der Waals surface area (Å²) in [4.78, 5) is 31.3. The highest BCUT2D eigenvalue weighted by atomic mass is 16.5. The fourth-order valence-corrected chi connectivity index (χ4v) is 4.31. The van der Waals surface area contributed by atoms with E-state index in [0.29, 0.717) is 32.8 Å². The molecule has 2 N–H and O–H groups in total. The number of nitrogens with one attached hydrogen (secondary N) is 2. The Balaban J connectivity index is 1.34. The number of nitrogens with zero attached hydrogens (tertiary/aromatic N) is 2. The number of carbonyl (C=O) groups excluding carboxylic acids is 2. The van der Waals surface area contributed by atoms with Gasteiger partial charge in [0.05, 0.1) is 25.3 Å². The number of hydrogen-bond acceptors (Lipinski definition) is 3. The van der Waals surface area contributed by atoms with Gasteiger partial charge in [0.15, 0.2) is 0 Å². The number of morpholine rings is 1. The second-order valence-corrected chi connectivity index (χ2v) is 7.39. The van der Waals surface area contributed by atoms with Crippen molar-refractivity contribution in [2.45, 2.75) is 32.4 Å². The van der Waals surface area contributed by atoms with Gasteiger partial charge in [0.25, 0.3) is 0 Å². The van der Waals surface area contributed by atoms with Gasteiger partial charge in [-0.25, -0.2) is 4.79 Å². The summed E-state index contributed by atoms with van der Waals surface area (Å²) in [5.41, 5.74) is 3.58. The molecule has 7 nitrogen and oxygen atoms in total. The lowest BCUT2D eigenvalue weighted by Gasteiger charge is -2.35. The Morgan fingerprint density at radius 2 is 2.19 bits per heavy atom. The quantitative estimate of drug-likeness (QED) is 0.863. The number of aryl methyl sites for hydroxylation is 1. The van der Waals surface area contributed by atoms with Crippen LogP contribution in [-0.4, -0.2) is 71.7 Å². The van der Waals surface area contributed by atoms with Crippen LogP contribution >= 0.6 is 0 Å². The van der Waals surface area contributed by atoms with Gasteiger partial charge in [-0.3, -0.25) is 4.79 Å². The first-order chi connectivity index (χ1) is 13.0. The van der Waals surface area contributed by atoms with E-state index in [1.807, 2.05) is 17.2 Å². The minimum atomic E-state index is -0.0898. The number of likely N-dealkylation sites (tertiary alicyclic amines) is 1. The molecule has 4 rings (SSSR count). The molecule has 0 radical (unpaired) electrons. The molecule has 0 spiro atoms. The summed E-state index contributed by atoms with van der Waals surface area (Å²) in [7, 11) is 0. The maximum atomic E-state index is 12.6. The Morgan fingerprint density at radius 1 is 1.33 bits per heavy atom. The SMILES string of the molecule is CC(=O)N1CCOC2CN(C(=O)NCCc3c[nH]c4cccc(C)c34)CC21. The third kappa shape index (κ3) is 3.39. The Kier molecular flexibility index (Phi) is 4.78. The maximum absolute atomic E-state index is 12.6. The van der Waals surface area contributed by atoms with Crippen molar-refractivity contribution < 1.29 is 14.3 Å². The van der Waals surface area contributed by atoms with Crippen molar-refractivity contribution in [3.63, 3.8) is 0 Å². The van der Waals surface area contributed by atoms with Crippen LogP contribution in [0.15, 0.2) is 24.4 Å². The molecule has 2 unspecified atom stereocenters. The Hall–Kier alpha value is -2.54. The molecule has 7 heteroatoms. The maximum Gasteiger partial charge on any atom is 0.317 e. The number of benzene rings is 1. The summed E-state index contributed by atoms with van der Waals surface area (Å²) >= 11 is 0. The standard InChI is InChI=1S/C20H26N4O3/c1-13-4-3-5-16-19(13)15(10-22-16)6-7-21-20(26)23-11-17-18(12-23)27-9-8-24(17)14(2)25/h3-5,10,17-18,22H,6-9,11-12H2,1-2H3,(H,21,26). The molecule has 27 heavy (non-hydrogen) atoms. The highest BCUT2D eigenvalue weighted by molar-refractivity contribution is 5.86. The summed E-state index contributed by atoms with van der Waals surface area (Å²) in [6, 6.07) is 6.09. The number of rotatable bonds is 3. The Labute approximate surface area is 158 Å². The van der Waals surface area contributed by atoms with Crippen LogP contribution < -0.4 is 5.32 Å². The van der Waals surface area contributed by atoms with Crippen molar-refractivity contribution in [3.05, 3.63) is 35.5 Å². The van der Waals surface area contributed by atoms with Gasteiger partial charge in [-0.2, -0.15) is 0 Å². The molecule has 0 saturated carbocycles. The van der Waals surface area contributed by atoms with E-state index in [1.54, 1.807) is 11.8 Å². The highest BCUT2D eigenvalue weighted by Crippen LogP contribution is 2.24. The van der Waals surface area contributed by atoms with Gasteiger partial charge in [0, 0.05) is 43.7 Å². The highest BCUT2D eigenvalue weighted by Gasteiger charge is 2.42. The molecular weight excluding hydrogens is 344 g/mol.